The largest absolute Gasteiger partial charge is 0.392 e. The van der Waals surface area contributed by atoms with Gasteiger partial charge in [-0.15, -0.1) is 0 Å². The molecule has 2 nitrogen and oxygen atoms in total. The summed E-state index contributed by atoms with van der Waals surface area (Å²) in [5.74, 6) is 0. The molecule has 2 heteroatoms. The highest BCUT2D eigenvalue weighted by Gasteiger charge is 2.09. The fourth-order valence-corrected chi connectivity index (χ4v) is 1.63. The summed E-state index contributed by atoms with van der Waals surface area (Å²) in [6.07, 6.45) is 1.90. The molecule has 0 fully saturated rings. The summed E-state index contributed by atoms with van der Waals surface area (Å²) >= 11 is 0. The minimum atomic E-state index is -0.0212. The Morgan fingerprint density at radius 1 is 1.31 bits per heavy atom. The van der Waals surface area contributed by atoms with Crippen LogP contribution in [0, 0.1) is 20.8 Å². The van der Waals surface area contributed by atoms with E-state index < -0.39 is 0 Å². The van der Waals surface area contributed by atoms with E-state index >= 15 is 0 Å². The SMILES string of the molecule is Cc1cc(C)c(CO)c(C)c1[C]=O. The molecule has 0 aromatic heterocycles. The van der Waals surface area contributed by atoms with Crippen LogP contribution in [0.15, 0.2) is 6.07 Å². The van der Waals surface area contributed by atoms with E-state index in [1.54, 1.807) is 0 Å². The van der Waals surface area contributed by atoms with Gasteiger partial charge in [0, 0.05) is 5.56 Å². The van der Waals surface area contributed by atoms with Gasteiger partial charge in [-0.2, -0.15) is 0 Å². The summed E-state index contributed by atoms with van der Waals surface area (Å²) in [6.45, 7) is 5.62. The van der Waals surface area contributed by atoms with E-state index in [0.717, 1.165) is 22.3 Å². The minimum absolute atomic E-state index is 0.0212. The van der Waals surface area contributed by atoms with Crippen LogP contribution < -0.4 is 0 Å². The zero-order valence-electron chi connectivity index (χ0n) is 8.14. The number of benzene rings is 1. The summed E-state index contributed by atoms with van der Waals surface area (Å²) in [5, 5.41) is 9.08. The second-order valence-electron chi connectivity index (χ2n) is 3.25. The van der Waals surface area contributed by atoms with Crippen molar-refractivity contribution in [3.63, 3.8) is 0 Å². The number of aliphatic hydroxyl groups excluding tert-OH is 1. The lowest BCUT2D eigenvalue weighted by Crippen LogP contribution is -2.01. The average Bonchev–Trinajstić information content (AvgIpc) is 2.04. The fourth-order valence-electron chi connectivity index (χ4n) is 1.63. The van der Waals surface area contributed by atoms with Crippen molar-refractivity contribution in [1.29, 1.82) is 0 Å². The monoisotopic (exact) mass is 177 g/mol. The third-order valence-corrected chi connectivity index (χ3v) is 2.39. The van der Waals surface area contributed by atoms with Gasteiger partial charge in [0.15, 0.2) is 0 Å². The molecule has 0 spiro atoms. The van der Waals surface area contributed by atoms with E-state index in [2.05, 4.69) is 0 Å². The molecule has 0 aliphatic rings. The Morgan fingerprint density at radius 3 is 2.38 bits per heavy atom. The highest BCUT2D eigenvalue weighted by Crippen LogP contribution is 2.20. The Balaban J connectivity index is 3.47. The van der Waals surface area contributed by atoms with Gasteiger partial charge in [0.1, 0.15) is 0 Å². The van der Waals surface area contributed by atoms with E-state index in [4.69, 9.17) is 5.11 Å². The quantitative estimate of drug-likeness (QED) is 0.744. The second-order valence-corrected chi connectivity index (χ2v) is 3.25. The van der Waals surface area contributed by atoms with Crippen LogP contribution in [-0.4, -0.2) is 11.4 Å². The van der Waals surface area contributed by atoms with E-state index in [0.29, 0.717) is 5.56 Å². The maximum Gasteiger partial charge on any atom is 0.234 e. The van der Waals surface area contributed by atoms with Crippen LogP contribution in [0.2, 0.25) is 0 Å². The van der Waals surface area contributed by atoms with Crippen molar-refractivity contribution in [3.05, 3.63) is 33.9 Å². The molecule has 0 amide bonds. The summed E-state index contributed by atoms with van der Waals surface area (Å²) in [4.78, 5) is 10.6. The van der Waals surface area contributed by atoms with Crippen molar-refractivity contribution >= 4 is 6.29 Å². The highest BCUT2D eigenvalue weighted by molar-refractivity contribution is 5.81. The number of rotatable bonds is 2. The summed E-state index contributed by atoms with van der Waals surface area (Å²) in [5.41, 5.74) is 4.20. The number of aryl methyl sites for hydroxylation is 2. The molecule has 1 aromatic carbocycles. The second kappa shape index (κ2) is 3.71. The van der Waals surface area contributed by atoms with Gasteiger partial charge in [-0.1, -0.05) is 6.07 Å². The van der Waals surface area contributed by atoms with Crippen LogP contribution >= 0.6 is 0 Å². The first kappa shape index (κ1) is 9.93. The van der Waals surface area contributed by atoms with Crippen LogP contribution in [-0.2, 0) is 11.4 Å². The van der Waals surface area contributed by atoms with Gasteiger partial charge in [-0.25, -0.2) is 0 Å². The molecule has 0 bridgehead atoms. The first-order valence-electron chi connectivity index (χ1n) is 4.20. The zero-order valence-corrected chi connectivity index (χ0v) is 8.14. The maximum atomic E-state index is 10.6. The van der Waals surface area contributed by atoms with E-state index in [1.807, 2.05) is 33.1 Å². The molecular weight excluding hydrogens is 164 g/mol. The first-order chi connectivity index (χ1) is 6.11. The van der Waals surface area contributed by atoms with Crippen molar-refractivity contribution < 1.29 is 9.90 Å². The Morgan fingerprint density at radius 2 is 1.92 bits per heavy atom. The van der Waals surface area contributed by atoms with Gasteiger partial charge in [-0.05, 0) is 43.0 Å². The molecular formula is C11H13O2. The Bertz CT molecular complexity index is 340. The summed E-state index contributed by atoms with van der Waals surface area (Å²) in [6, 6.07) is 1.90. The van der Waals surface area contributed by atoms with E-state index in [1.165, 1.54) is 0 Å². The van der Waals surface area contributed by atoms with Crippen molar-refractivity contribution in [2.75, 3.05) is 0 Å². The summed E-state index contributed by atoms with van der Waals surface area (Å²) < 4.78 is 0. The number of hydrogen-bond acceptors (Lipinski definition) is 2. The van der Waals surface area contributed by atoms with Gasteiger partial charge in [0.05, 0.1) is 6.61 Å². The molecule has 0 saturated heterocycles. The molecule has 1 radical (unpaired) electrons. The third-order valence-electron chi connectivity index (χ3n) is 2.39. The normalized spacial score (nSPS) is 10.2. The Labute approximate surface area is 78.2 Å². The van der Waals surface area contributed by atoms with Crippen LogP contribution in [0.4, 0.5) is 0 Å². The zero-order chi connectivity index (χ0) is 10.0. The highest BCUT2D eigenvalue weighted by atomic mass is 16.3. The average molecular weight is 177 g/mol. The number of aliphatic hydroxyl groups is 1. The molecule has 0 heterocycles. The van der Waals surface area contributed by atoms with Gasteiger partial charge >= 0.3 is 0 Å². The van der Waals surface area contributed by atoms with Gasteiger partial charge < -0.3 is 5.11 Å². The summed E-state index contributed by atoms with van der Waals surface area (Å²) in [7, 11) is 0. The molecule has 0 atom stereocenters. The maximum absolute atomic E-state index is 10.6. The predicted octanol–water partition coefficient (Wildman–Crippen LogP) is 1.56. The lowest BCUT2D eigenvalue weighted by atomic mass is 9.95. The molecule has 0 aliphatic carbocycles. The lowest BCUT2D eigenvalue weighted by molar-refractivity contribution is 0.280. The van der Waals surface area contributed by atoms with Crippen molar-refractivity contribution in [2.24, 2.45) is 0 Å². The van der Waals surface area contributed by atoms with Crippen LogP contribution in [0.5, 0.6) is 0 Å². The molecule has 0 unspecified atom stereocenters. The van der Waals surface area contributed by atoms with Crippen molar-refractivity contribution in [3.8, 4) is 0 Å². The first-order valence-corrected chi connectivity index (χ1v) is 4.20. The molecule has 69 valence electrons. The predicted molar refractivity (Wildman–Crippen MR) is 51.4 cm³/mol. The Kier molecular flexibility index (Phi) is 2.83. The number of hydrogen-bond donors (Lipinski definition) is 1. The molecule has 0 aliphatic heterocycles. The molecule has 0 saturated carbocycles. The molecule has 1 rings (SSSR count). The molecule has 1 N–H and O–H groups in total. The van der Waals surface area contributed by atoms with E-state index in [9.17, 15) is 4.79 Å². The Hall–Kier alpha value is -1.15. The van der Waals surface area contributed by atoms with Gasteiger partial charge in [0.25, 0.3) is 0 Å². The fraction of sp³-hybridized carbons (Fsp3) is 0.364. The molecule has 1 aromatic rings. The van der Waals surface area contributed by atoms with Crippen LogP contribution in [0.25, 0.3) is 0 Å². The molecule has 13 heavy (non-hydrogen) atoms. The van der Waals surface area contributed by atoms with Gasteiger partial charge in [0.2, 0.25) is 6.29 Å². The smallest absolute Gasteiger partial charge is 0.234 e. The van der Waals surface area contributed by atoms with Crippen molar-refractivity contribution in [1.82, 2.24) is 0 Å². The van der Waals surface area contributed by atoms with Gasteiger partial charge in [-0.3, -0.25) is 4.79 Å². The van der Waals surface area contributed by atoms with Crippen LogP contribution in [0.1, 0.15) is 27.8 Å². The standard InChI is InChI=1S/C11H13O2/c1-7-4-8(2)11(6-13)9(3)10(7)5-12/h4,12H,5H2,1-3H3. The number of carbonyl (C=O) groups excluding carboxylic acids is 1. The van der Waals surface area contributed by atoms with Crippen LogP contribution in [0.3, 0.4) is 0 Å². The lowest BCUT2D eigenvalue weighted by Gasteiger charge is -2.11. The minimum Gasteiger partial charge on any atom is -0.392 e. The third kappa shape index (κ3) is 1.63. The van der Waals surface area contributed by atoms with E-state index in [-0.39, 0.29) is 6.61 Å². The topological polar surface area (TPSA) is 37.3 Å². The van der Waals surface area contributed by atoms with Crippen molar-refractivity contribution in [2.45, 2.75) is 27.4 Å².